The molecule has 3 rings (SSSR count). The second-order valence-electron chi connectivity index (χ2n) is 5.87. The van der Waals surface area contributed by atoms with Gasteiger partial charge in [0.15, 0.2) is 11.5 Å². The molecule has 1 aliphatic rings. The lowest BCUT2D eigenvalue weighted by Crippen LogP contribution is -2.17. The van der Waals surface area contributed by atoms with Gasteiger partial charge in [0.05, 0.1) is 12.4 Å². The van der Waals surface area contributed by atoms with Crippen LogP contribution in [0.4, 0.5) is 11.5 Å². The van der Waals surface area contributed by atoms with Gasteiger partial charge in [-0.1, -0.05) is 13.8 Å². The zero-order valence-corrected chi connectivity index (χ0v) is 13.7. The van der Waals surface area contributed by atoms with E-state index in [0.29, 0.717) is 42.1 Å². The quantitative estimate of drug-likeness (QED) is 0.877. The fraction of sp³-hybridized carbons (Fsp3) is 0.353. The molecule has 1 aliphatic heterocycles. The molecule has 0 radical (unpaired) electrons. The molecule has 7 nitrogen and oxygen atoms in total. The summed E-state index contributed by atoms with van der Waals surface area (Å²) in [6.45, 7) is 6.05. The van der Waals surface area contributed by atoms with Gasteiger partial charge in [-0.05, 0) is 18.1 Å². The summed E-state index contributed by atoms with van der Waals surface area (Å²) >= 11 is 0. The van der Waals surface area contributed by atoms with Crippen molar-refractivity contribution in [1.82, 2.24) is 9.97 Å². The number of ether oxygens (including phenoxy) is 2. The van der Waals surface area contributed by atoms with Crippen molar-refractivity contribution < 1.29 is 14.3 Å². The van der Waals surface area contributed by atoms with Crippen molar-refractivity contribution in [2.75, 3.05) is 30.4 Å². The van der Waals surface area contributed by atoms with E-state index in [4.69, 9.17) is 9.47 Å². The number of benzene rings is 1. The monoisotopic (exact) mass is 328 g/mol. The normalized spacial score (nSPS) is 12.8. The van der Waals surface area contributed by atoms with Crippen molar-refractivity contribution in [2.45, 2.75) is 13.8 Å². The number of carbonyl (C=O) groups is 1. The number of fused-ring (bicyclic) bond motifs is 1. The smallest absolute Gasteiger partial charge is 0.275 e. The van der Waals surface area contributed by atoms with Crippen molar-refractivity contribution in [3.05, 3.63) is 36.3 Å². The van der Waals surface area contributed by atoms with E-state index in [-0.39, 0.29) is 11.6 Å². The number of rotatable bonds is 5. The first kappa shape index (κ1) is 16.0. The molecule has 1 aromatic carbocycles. The molecule has 0 unspecified atom stereocenters. The Morgan fingerprint density at radius 3 is 2.67 bits per heavy atom. The summed E-state index contributed by atoms with van der Waals surface area (Å²) in [5, 5.41) is 5.94. The first-order valence-corrected chi connectivity index (χ1v) is 7.89. The van der Waals surface area contributed by atoms with Gasteiger partial charge in [-0.3, -0.25) is 4.79 Å². The summed E-state index contributed by atoms with van der Waals surface area (Å²) in [6.07, 6.45) is 3.01. The predicted octanol–water partition coefficient (Wildman–Crippen LogP) is 2.57. The Balaban J connectivity index is 1.64. The van der Waals surface area contributed by atoms with Crippen molar-refractivity contribution in [2.24, 2.45) is 5.92 Å². The maximum atomic E-state index is 12.3. The van der Waals surface area contributed by atoms with Crippen molar-refractivity contribution in [1.29, 1.82) is 0 Å². The van der Waals surface area contributed by atoms with E-state index in [9.17, 15) is 4.79 Å². The second kappa shape index (κ2) is 7.16. The lowest BCUT2D eigenvalue weighted by atomic mass is 10.2. The number of hydrogen-bond acceptors (Lipinski definition) is 6. The number of anilines is 2. The lowest BCUT2D eigenvalue weighted by Gasteiger charge is -2.18. The Kier molecular flexibility index (Phi) is 4.79. The maximum Gasteiger partial charge on any atom is 0.275 e. The average molecular weight is 328 g/mol. The minimum atomic E-state index is -0.324. The number of hydrogen-bond donors (Lipinski definition) is 2. The van der Waals surface area contributed by atoms with Gasteiger partial charge in [-0.25, -0.2) is 9.97 Å². The summed E-state index contributed by atoms with van der Waals surface area (Å²) in [4.78, 5) is 20.6. The van der Waals surface area contributed by atoms with Gasteiger partial charge in [0, 0.05) is 18.3 Å². The van der Waals surface area contributed by atoms with E-state index in [1.165, 1.54) is 6.20 Å². The Labute approximate surface area is 140 Å². The zero-order chi connectivity index (χ0) is 16.9. The highest BCUT2D eigenvalue weighted by atomic mass is 16.6. The Morgan fingerprint density at radius 2 is 1.96 bits per heavy atom. The SMILES string of the molecule is CC(C)CNc1cnc(C(=O)Nc2ccc3c(c2)OCCO3)cn1. The van der Waals surface area contributed by atoms with Gasteiger partial charge in [-0.15, -0.1) is 0 Å². The van der Waals surface area contributed by atoms with E-state index in [2.05, 4.69) is 34.4 Å². The fourth-order valence-corrected chi connectivity index (χ4v) is 2.16. The van der Waals surface area contributed by atoms with Crippen LogP contribution in [-0.4, -0.2) is 35.6 Å². The molecule has 126 valence electrons. The largest absolute Gasteiger partial charge is 0.486 e. The first-order chi connectivity index (χ1) is 11.6. The fourth-order valence-electron chi connectivity index (χ4n) is 2.16. The van der Waals surface area contributed by atoms with Gasteiger partial charge in [0.25, 0.3) is 5.91 Å². The summed E-state index contributed by atoms with van der Waals surface area (Å²) < 4.78 is 11.0. The number of nitrogens with one attached hydrogen (secondary N) is 2. The van der Waals surface area contributed by atoms with Crippen molar-refractivity contribution in [3.8, 4) is 11.5 Å². The lowest BCUT2D eigenvalue weighted by molar-refractivity contribution is 0.102. The minimum Gasteiger partial charge on any atom is -0.486 e. The van der Waals surface area contributed by atoms with Crippen LogP contribution < -0.4 is 20.1 Å². The molecule has 1 amide bonds. The molecule has 0 aliphatic carbocycles. The third-order valence-electron chi connectivity index (χ3n) is 3.38. The van der Waals surface area contributed by atoms with E-state index in [0.717, 1.165) is 6.54 Å². The van der Waals surface area contributed by atoms with Crippen molar-refractivity contribution >= 4 is 17.4 Å². The maximum absolute atomic E-state index is 12.3. The number of carbonyl (C=O) groups excluding carboxylic acids is 1. The van der Waals surface area contributed by atoms with Crippen LogP contribution in [-0.2, 0) is 0 Å². The topological polar surface area (TPSA) is 85.4 Å². The first-order valence-electron chi connectivity index (χ1n) is 7.89. The highest BCUT2D eigenvalue weighted by molar-refractivity contribution is 6.02. The molecular weight excluding hydrogens is 308 g/mol. The van der Waals surface area contributed by atoms with E-state index < -0.39 is 0 Å². The van der Waals surface area contributed by atoms with Crippen LogP contribution in [0, 0.1) is 5.92 Å². The molecule has 0 saturated heterocycles. The molecule has 1 aromatic heterocycles. The van der Waals surface area contributed by atoms with Crippen molar-refractivity contribution in [3.63, 3.8) is 0 Å². The molecule has 0 saturated carbocycles. The van der Waals surface area contributed by atoms with Crippen LogP contribution >= 0.6 is 0 Å². The van der Waals surface area contributed by atoms with Crippen LogP contribution in [0.3, 0.4) is 0 Å². The van der Waals surface area contributed by atoms with Gasteiger partial charge in [0.1, 0.15) is 24.7 Å². The molecule has 2 heterocycles. The van der Waals surface area contributed by atoms with Crippen LogP contribution in [0.25, 0.3) is 0 Å². The summed E-state index contributed by atoms with van der Waals surface area (Å²) in [5.41, 5.74) is 0.869. The average Bonchev–Trinajstić information content (AvgIpc) is 2.60. The molecule has 2 aromatic rings. The molecule has 0 bridgehead atoms. The number of nitrogens with zero attached hydrogens (tertiary/aromatic N) is 2. The minimum absolute atomic E-state index is 0.250. The standard InChI is InChI=1S/C17H20N4O3/c1-11(2)8-19-16-10-18-13(9-20-16)17(22)21-12-3-4-14-15(7-12)24-6-5-23-14/h3-4,7,9-11H,5-6,8H2,1-2H3,(H,19,20)(H,21,22). The Hall–Kier alpha value is -2.83. The van der Waals surface area contributed by atoms with Crippen LogP contribution in [0.15, 0.2) is 30.6 Å². The van der Waals surface area contributed by atoms with E-state index in [1.54, 1.807) is 24.4 Å². The van der Waals surface area contributed by atoms with Crippen LogP contribution in [0.2, 0.25) is 0 Å². The van der Waals surface area contributed by atoms with Crippen LogP contribution in [0.5, 0.6) is 11.5 Å². The molecule has 0 fully saturated rings. The second-order valence-corrected chi connectivity index (χ2v) is 5.87. The van der Waals surface area contributed by atoms with Crippen LogP contribution in [0.1, 0.15) is 24.3 Å². The summed E-state index contributed by atoms with van der Waals surface area (Å²) in [6, 6.07) is 5.27. The Morgan fingerprint density at radius 1 is 1.17 bits per heavy atom. The van der Waals surface area contributed by atoms with Gasteiger partial charge in [0.2, 0.25) is 0 Å². The highest BCUT2D eigenvalue weighted by Gasteiger charge is 2.14. The number of aromatic nitrogens is 2. The molecule has 0 atom stereocenters. The van der Waals surface area contributed by atoms with Gasteiger partial charge < -0.3 is 20.1 Å². The highest BCUT2D eigenvalue weighted by Crippen LogP contribution is 2.32. The van der Waals surface area contributed by atoms with E-state index in [1.807, 2.05) is 0 Å². The summed E-state index contributed by atoms with van der Waals surface area (Å²) in [7, 11) is 0. The molecule has 0 spiro atoms. The summed E-state index contributed by atoms with van der Waals surface area (Å²) in [5.74, 6) is 2.14. The van der Waals surface area contributed by atoms with E-state index >= 15 is 0 Å². The molecule has 2 N–H and O–H groups in total. The predicted molar refractivity (Wildman–Crippen MR) is 90.7 cm³/mol. The zero-order valence-electron chi connectivity index (χ0n) is 13.7. The third kappa shape index (κ3) is 3.92. The molecule has 24 heavy (non-hydrogen) atoms. The third-order valence-corrected chi connectivity index (χ3v) is 3.38. The molecular formula is C17H20N4O3. The number of amides is 1. The molecule has 7 heteroatoms. The Bertz CT molecular complexity index is 716. The van der Waals surface area contributed by atoms with Gasteiger partial charge >= 0.3 is 0 Å². The van der Waals surface area contributed by atoms with Gasteiger partial charge in [-0.2, -0.15) is 0 Å².